The van der Waals surface area contributed by atoms with E-state index in [0.29, 0.717) is 9.87 Å². The Hall–Kier alpha value is -1.89. The van der Waals surface area contributed by atoms with Gasteiger partial charge in [-0.2, -0.15) is 0 Å². The summed E-state index contributed by atoms with van der Waals surface area (Å²) >= 11 is 0. The number of aliphatic carboxylic acids is 1. The maximum absolute atomic E-state index is 11.9. The summed E-state index contributed by atoms with van der Waals surface area (Å²) < 4.78 is 24.2. The van der Waals surface area contributed by atoms with Crippen LogP contribution in [0.25, 0.3) is 0 Å². The van der Waals surface area contributed by atoms with Gasteiger partial charge in [0.2, 0.25) is 0 Å². The largest absolute Gasteiger partial charge is 0.480 e. The molecule has 1 aromatic rings. The average Bonchev–Trinajstić information content (AvgIpc) is 2.41. The zero-order chi connectivity index (χ0) is 12.8. The number of nitrogens with zero attached hydrogens (tertiary/aromatic N) is 1. The van der Waals surface area contributed by atoms with Crippen molar-refractivity contribution >= 4 is 21.9 Å². The van der Waals surface area contributed by atoms with Gasteiger partial charge >= 0.3 is 5.97 Å². The molecule has 0 fully saturated rings. The second kappa shape index (κ2) is 3.56. The Morgan fingerprint density at radius 3 is 2.59 bits per heavy atom. The van der Waals surface area contributed by atoms with Crippen molar-refractivity contribution < 1.29 is 23.1 Å². The number of amides is 1. The molecule has 0 unspecified atom stereocenters. The molecule has 0 aliphatic carbocycles. The van der Waals surface area contributed by atoms with E-state index in [-0.39, 0.29) is 10.5 Å². The molecule has 1 N–H and O–H groups in total. The van der Waals surface area contributed by atoms with Gasteiger partial charge in [-0.15, -0.1) is 0 Å². The number of rotatable bonds is 2. The Labute approximate surface area is 97.5 Å². The van der Waals surface area contributed by atoms with Crippen molar-refractivity contribution in [3.05, 3.63) is 29.3 Å². The van der Waals surface area contributed by atoms with E-state index in [1.54, 1.807) is 13.0 Å². The summed E-state index contributed by atoms with van der Waals surface area (Å²) in [6.45, 7) is 0.756. The Morgan fingerprint density at radius 1 is 1.41 bits per heavy atom. The highest BCUT2D eigenvalue weighted by molar-refractivity contribution is 7.90. The van der Waals surface area contributed by atoms with Crippen molar-refractivity contribution in [2.24, 2.45) is 0 Å². The van der Waals surface area contributed by atoms with Crippen molar-refractivity contribution in [2.75, 3.05) is 6.54 Å². The minimum atomic E-state index is -4.01. The van der Waals surface area contributed by atoms with E-state index in [1.807, 2.05) is 0 Å². The van der Waals surface area contributed by atoms with Crippen molar-refractivity contribution in [3.8, 4) is 0 Å². The Balaban J connectivity index is 2.65. The lowest BCUT2D eigenvalue weighted by Crippen LogP contribution is -2.34. The van der Waals surface area contributed by atoms with E-state index in [4.69, 9.17) is 5.11 Å². The van der Waals surface area contributed by atoms with Crippen LogP contribution in [0.3, 0.4) is 0 Å². The van der Waals surface area contributed by atoms with E-state index in [1.165, 1.54) is 12.1 Å². The molecule has 0 atom stereocenters. The number of carbonyl (C=O) groups is 2. The number of carbonyl (C=O) groups excluding carboxylic acids is 1. The van der Waals surface area contributed by atoms with Gasteiger partial charge in [-0.25, -0.2) is 12.7 Å². The van der Waals surface area contributed by atoms with Crippen molar-refractivity contribution in [2.45, 2.75) is 11.8 Å². The molecule has 0 saturated carbocycles. The number of hydrogen-bond donors (Lipinski definition) is 1. The topological polar surface area (TPSA) is 91.8 Å². The second-order valence-electron chi connectivity index (χ2n) is 3.66. The fraction of sp³-hybridized carbons (Fsp3) is 0.200. The predicted molar refractivity (Wildman–Crippen MR) is 57.0 cm³/mol. The van der Waals surface area contributed by atoms with Crippen molar-refractivity contribution in [1.82, 2.24) is 4.31 Å². The lowest BCUT2D eigenvalue weighted by Gasteiger charge is -2.11. The van der Waals surface area contributed by atoms with Crippen LogP contribution < -0.4 is 0 Å². The molecule has 0 spiro atoms. The molecule has 1 amide bonds. The number of hydrogen-bond acceptors (Lipinski definition) is 4. The minimum absolute atomic E-state index is 0.0637. The van der Waals surface area contributed by atoms with E-state index in [2.05, 4.69) is 0 Å². The standard InChI is InChI=1S/C10H9NO5S/c1-6-3-2-4-7-9(6)10(14)11(5-8(12)13)17(7,15)16/h2-4H,5H2,1H3,(H,12,13). The van der Waals surface area contributed by atoms with E-state index >= 15 is 0 Å². The van der Waals surface area contributed by atoms with Gasteiger partial charge in [0.1, 0.15) is 11.4 Å². The first-order valence-electron chi connectivity index (χ1n) is 4.74. The first-order valence-corrected chi connectivity index (χ1v) is 6.18. The molecule has 1 heterocycles. The van der Waals surface area contributed by atoms with Gasteiger partial charge in [0, 0.05) is 0 Å². The van der Waals surface area contributed by atoms with E-state index < -0.39 is 28.4 Å². The van der Waals surface area contributed by atoms with E-state index in [0.717, 1.165) is 0 Å². The van der Waals surface area contributed by atoms with Gasteiger partial charge in [-0.05, 0) is 18.6 Å². The van der Waals surface area contributed by atoms with Gasteiger partial charge in [-0.1, -0.05) is 12.1 Å². The monoisotopic (exact) mass is 255 g/mol. The third-order valence-electron chi connectivity index (χ3n) is 2.52. The van der Waals surface area contributed by atoms with Gasteiger partial charge in [0.05, 0.1) is 5.56 Å². The van der Waals surface area contributed by atoms with Gasteiger partial charge in [-0.3, -0.25) is 9.59 Å². The number of aryl methyl sites for hydroxylation is 1. The van der Waals surface area contributed by atoms with Gasteiger partial charge in [0.15, 0.2) is 0 Å². The fourth-order valence-corrected chi connectivity index (χ4v) is 3.35. The molecule has 1 aliphatic rings. The Bertz CT molecular complexity index is 620. The van der Waals surface area contributed by atoms with Crippen molar-refractivity contribution in [3.63, 3.8) is 0 Å². The maximum Gasteiger partial charge on any atom is 0.324 e. The molecule has 6 nitrogen and oxygen atoms in total. The molecule has 2 rings (SSSR count). The molecule has 1 aromatic carbocycles. The van der Waals surface area contributed by atoms with Crippen LogP contribution in [0.4, 0.5) is 0 Å². The molecular weight excluding hydrogens is 246 g/mol. The molecule has 17 heavy (non-hydrogen) atoms. The third-order valence-corrected chi connectivity index (χ3v) is 4.29. The number of fused-ring (bicyclic) bond motifs is 1. The van der Waals surface area contributed by atoms with Crippen LogP contribution in [0.15, 0.2) is 23.1 Å². The van der Waals surface area contributed by atoms with Gasteiger partial charge in [0.25, 0.3) is 15.9 Å². The summed E-state index contributed by atoms with van der Waals surface area (Å²) in [5, 5.41) is 8.61. The zero-order valence-electron chi connectivity index (χ0n) is 8.87. The maximum atomic E-state index is 11.9. The smallest absolute Gasteiger partial charge is 0.324 e. The molecule has 0 bridgehead atoms. The van der Waals surface area contributed by atoms with Crippen LogP contribution in [0.2, 0.25) is 0 Å². The molecule has 90 valence electrons. The molecule has 7 heteroatoms. The van der Waals surface area contributed by atoms with E-state index in [9.17, 15) is 18.0 Å². The summed E-state index contributed by atoms with van der Waals surface area (Å²) in [7, 11) is -4.01. The number of carboxylic acids is 1. The SMILES string of the molecule is Cc1cccc2c1C(=O)N(CC(=O)O)S2(=O)=O. The van der Waals surface area contributed by atoms with Crippen LogP contribution in [-0.2, 0) is 14.8 Å². The highest BCUT2D eigenvalue weighted by atomic mass is 32.2. The van der Waals surface area contributed by atoms with Crippen LogP contribution in [0.1, 0.15) is 15.9 Å². The highest BCUT2D eigenvalue weighted by Gasteiger charge is 2.42. The molecule has 1 aliphatic heterocycles. The second-order valence-corrected chi connectivity index (χ2v) is 5.49. The van der Waals surface area contributed by atoms with Crippen LogP contribution in [0, 0.1) is 6.92 Å². The lowest BCUT2D eigenvalue weighted by atomic mass is 10.1. The third kappa shape index (κ3) is 1.59. The fourth-order valence-electron chi connectivity index (χ4n) is 1.76. The summed E-state index contributed by atoms with van der Waals surface area (Å²) in [4.78, 5) is 22.3. The normalized spacial score (nSPS) is 17.0. The molecule has 0 aromatic heterocycles. The number of sulfonamides is 1. The van der Waals surface area contributed by atoms with Crippen LogP contribution >= 0.6 is 0 Å². The quantitative estimate of drug-likeness (QED) is 0.816. The first-order chi connectivity index (χ1) is 7.85. The first kappa shape index (κ1) is 11.6. The Kier molecular flexibility index (Phi) is 2.43. The van der Waals surface area contributed by atoms with Crippen LogP contribution in [0.5, 0.6) is 0 Å². The van der Waals surface area contributed by atoms with Crippen molar-refractivity contribution in [1.29, 1.82) is 0 Å². The average molecular weight is 255 g/mol. The van der Waals surface area contributed by atoms with Gasteiger partial charge < -0.3 is 5.11 Å². The summed E-state index contributed by atoms with van der Waals surface area (Å²) in [5.74, 6) is -2.15. The molecular formula is C10H9NO5S. The minimum Gasteiger partial charge on any atom is -0.480 e. The predicted octanol–water partition coefficient (Wildman–Crippen LogP) is 0.224. The Morgan fingerprint density at radius 2 is 2.06 bits per heavy atom. The highest BCUT2D eigenvalue weighted by Crippen LogP contribution is 2.31. The number of carboxylic acid groups (broad SMARTS) is 1. The molecule has 0 saturated heterocycles. The summed E-state index contributed by atoms with van der Waals surface area (Å²) in [5.41, 5.74) is 0.581. The summed E-state index contributed by atoms with van der Waals surface area (Å²) in [6, 6.07) is 4.43. The summed E-state index contributed by atoms with van der Waals surface area (Å²) in [6.07, 6.45) is 0. The number of benzene rings is 1. The lowest BCUT2D eigenvalue weighted by molar-refractivity contribution is -0.136. The van der Waals surface area contributed by atoms with Crippen LogP contribution in [-0.4, -0.2) is 36.3 Å². The zero-order valence-corrected chi connectivity index (χ0v) is 9.69. The molecule has 0 radical (unpaired) electrons.